The van der Waals surface area contributed by atoms with Gasteiger partial charge in [-0.3, -0.25) is 0 Å². The lowest BCUT2D eigenvalue weighted by atomic mass is 9.84. The van der Waals surface area contributed by atoms with Crippen molar-refractivity contribution in [2.24, 2.45) is 5.92 Å². The normalized spacial score (nSPS) is 27.0. The first-order chi connectivity index (χ1) is 14.6. The Bertz CT molecular complexity index is 965. The first-order valence-electron chi connectivity index (χ1n) is 11.0. The van der Waals surface area contributed by atoms with Gasteiger partial charge in [0, 0.05) is 34.4 Å². The summed E-state index contributed by atoms with van der Waals surface area (Å²) in [7, 11) is 0. The fourth-order valence-electron chi connectivity index (χ4n) is 5.19. The smallest absolute Gasteiger partial charge is 0.0802 e. The van der Waals surface area contributed by atoms with Crippen LogP contribution in [-0.4, -0.2) is 47.0 Å². The standard InChI is InChI=1S/C25H28ClNO2S/c26-18-6-8-24-20(14-18)25(19-3-1-2-4-23(19)30-24)17-9-11-27(12-10-17)15-16-5-7-21(28)22(29)13-16/h1-4,6,8,14,16,21-22,28-29H,5,7,9-13,15H2/t16-,21+,22+/m1/s1. The van der Waals surface area contributed by atoms with Crippen LogP contribution in [0.1, 0.15) is 43.2 Å². The van der Waals surface area contributed by atoms with Gasteiger partial charge in [0.15, 0.2) is 0 Å². The van der Waals surface area contributed by atoms with Crippen LogP contribution in [0.5, 0.6) is 0 Å². The summed E-state index contributed by atoms with van der Waals surface area (Å²) in [5, 5.41) is 20.6. The summed E-state index contributed by atoms with van der Waals surface area (Å²) in [5.74, 6) is 0.490. The molecule has 3 atom stereocenters. The van der Waals surface area contributed by atoms with Crippen LogP contribution in [0.25, 0.3) is 5.57 Å². The molecule has 0 aromatic heterocycles. The van der Waals surface area contributed by atoms with E-state index < -0.39 is 12.2 Å². The second kappa shape index (κ2) is 8.68. The zero-order valence-corrected chi connectivity index (χ0v) is 18.6. The lowest BCUT2D eigenvalue weighted by molar-refractivity contribution is -0.0304. The second-order valence-corrected chi connectivity index (χ2v) is 10.4. The lowest BCUT2D eigenvalue weighted by Crippen LogP contribution is -2.40. The summed E-state index contributed by atoms with van der Waals surface area (Å²) in [5.41, 5.74) is 5.53. The number of hydrogen-bond donors (Lipinski definition) is 2. The number of halogens is 1. The van der Waals surface area contributed by atoms with Gasteiger partial charge in [-0.15, -0.1) is 0 Å². The largest absolute Gasteiger partial charge is 0.390 e. The predicted molar refractivity (Wildman–Crippen MR) is 123 cm³/mol. The average Bonchev–Trinajstić information content (AvgIpc) is 2.75. The van der Waals surface area contributed by atoms with E-state index in [1.54, 1.807) is 0 Å². The van der Waals surface area contributed by atoms with Crippen LogP contribution in [0.15, 0.2) is 57.8 Å². The maximum atomic E-state index is 10.0. The van der Waals surface area contributed by atoms with Gasteiger partial charge < -0.3 is 15.1 Å². The van der Waals surface area contributed by atoms with E-state index in [4.69, 9.17) is 11.6 Å². The predicted octanol–water partition coefficient (Wildman–Crippen LogP) is 5.22. The molecule has 0 unspecified atom stereocenters. The van der Waals surface area contributed by atoms with Gasteiger partial charge in [-0.05, 0) is 79.0 Å². The first kappa shape index (κ1) is 20.6. The van der Waals surface area contributed by atoms with Gasteiger partial charge in [0.05, 0.1) is 12.2 Å². The van der Waals surface area contributed by atoms with Crippen molar-refractivity contribution in [3.63, 3.8) is 0 Å². The number of rotatable bonds is 2. The third-order valence-electron chi connectivity index (χ3n) is 6.81. The zero-order chi connectivity index (χ0) is 20.7. The molecule has 2 heterocycles. The molecule has 158 valence electrons. The number of hydrogen-bond acceptors (Lipinski definition) is 4. The third kappa shape index (κ3) is 4.09. The molecule has 1 saturated heterocycles. The van der Waals surface area contributed by atoms with Gasteiger partial charge in [-0.1, -0.05) is 47.1 Å². The first-order valence-corrected chi connectivity index (χ1v) is 12.2. The summed E-state index contributed by atoms with van der Waals surface area (Å²) in [6.45, 7) is 3.14. The van der Waals surface area contributed by atoms with Gasteiger partial charge in [0.2, 0.25) is 0 Å². The van der Waals surface area contributed by atoms with Crippen molar-refractivity contribution in [1.82, 2.24) is 4.90 Å². The van der Waals surface area contributed by atoms with E-state index in [-0.39, 0.29) is 0 Å². The van der Waals surface area contributed by atoms with E-state index in [1.807, 2.05) is 17.8 Å². The van der Waals surface area contributed by atoms with Crippen LogP contribution >= 0.6 is 23.4 Å². The van der Waals surface area contributed by atoms with Crippen LogP contribution in [0.4, 0.5) is 0 Å². The molecular formula is C25H28ClNO2S. The molecule has 1 saturated carbocycles. The fourth-order valence-corrected chi connectivity index (χ4v) is 6.44. The van der Waals surface area contributed by atoms with E-state index in [2.05, 4.69) is 41.3 Å². The number of likely N-dealkylation sites (tertiary alicyclic amines) is 1. The van der Waals surface area contributed by atoms with E-state index >= 15 is 0 Å². The Morgan fingerprint density at radius 3 is 2.50 bits per heavy atom. The highest BCUT2D eigenvalue weighted by Crippen LogP contribution is 2.48. The molecular weight excluding hydrogens is 414 g/mol. The highest BCUT2D eigenvalue weighted by atomic mass is 35.5. The minimum absolute atomic E-state index is 0.490. The molecule has 2 aromatic rings. The summed E-state index contributed by atoms with van der Waals surface area (Å²) in [4.78, 5) is 5.16. The number of aliphatic hydroxyl groups is 2. The van der Waals surface area contributed by atoms with E-state index in [0.29, 0.717) is 5.92 Å². The van der Waals surface area contributed by atoms with Crippen molar-refractivity contribution in [2.75, 3.05) is 19.6 Å². The molecule has 0 bridgehead atoms. The number of fused-ring (bicyclic) bond motifs is 2. The van der Waals surface area contributed by atoms with Crippen LogP contribution in [0.3, 0.4) is 0 Å². The third-order valence-corrected chi connectivity index (χ3v) is 8.19. The van der Waals surface area contributed by atoms with Gasteiger partial charge in [0.25, 0.3) is 0 Å². The molecule has 30 heavy (non-hydrogen) atoms. The Morgan fingerprint density at radius 1 is 0.933 bits per heavy atom. The Morgan fingerprint density at radius 2 is 1.70 bits per heavy atom. The molecule has 2 N–H and O–H groups in total. The van der Waals surface area contributed by atoms with Crippen LogP contribution in [-0.2, 0) is 0 Å². The van der Waals surface area contributed by atoms with Crippen molar-refractivity contribution < 1.29 is 10.2 Å². The highest BCUT2D eigenvalue weighted by Gasteiger charge is 2.30. The van der Waals surface area contributed by atoms with Gasteiger partial charge in [-0.25, -0.2) is 0 Å². The zero-order valence-electron chi connectivity index (χ0n) is 17.1. The summed E-state index contributed by atoms with van der Waals surface area (Å²) < 4.78 is 0. The number of piperidine rings is 1. The number of benzene rings is 2. The Labute approximate surface area is 187 Å². The molecule has 0 radical (unpaired) electrons. The minimum atomic E-state index is -0.552. The number of aliphatic hydroxyl groups excluding tert-OH is 2. The Balaban J connectivity index is 1.37. The minimum Gasteiger partial charge on any atom is -0.390 e. The van der Waals surface area contributed by atoms with Crippen molar-refractivity contribution in [3.8, 4) is 0 Å². The molecule has 0 amide bonds. The molecule has 3 aliphatic rings. The fraction of sp³-hybridized carbons (Fsp3) is 0.440. The molecule has 5 heteroatoms. The Hall–Kier alpha value is -1.30. The molecule has 2 aromatic carbocycles. The topological polar surface area (TPSA) is 43.7 Å². The maximum absolute atomic E-state index is 10.0. The van der Waals surface area contributed by atoms with E-state index in [9.17, 15) is 10.2 Å². The monoisotopic (exact) mass is 441 g/mol. The Kier molecular flexibility index (Phi) is 5.96. The highest BCUT2D eigenvalue weighted by molar-refractivity contribution is 7.99. The lowest BCUT2D eigenvalue weighted by Gasteiger charge is -2.37. The van der Waals surface area contributed by atoms with Crippen molar-refractivity contribution in [3.05, 3.63) is 64.2 Å². The van der Waals surface area contributed by atoms with E-state index in [0.717, 1.165) is 56.8 Å². The molecule has 5 rings (SSSR count). The SMILES string of the molecule is O[C@H]1CC[C@@H](CN2CCC(=C3c4ccccc4Sc4ccc(Cl)cc43)CC2)C[C@@H]1O. The van der Waals surface area contributed by atoms with Crippen LogP contribution in [0, 0.1) is 5.92 Å². The van der Waals surface area contributed by atoms with Crippen LogP contribution < -0.4 is 0 Å². The molecule has 0 spiro atoms. The van der Waals surface area contributed by atoms with Crippen molar-refractivity contribution in [1.29, 1.82) is 0 Å². The summed E-state index contributed by atoms with van der Waals surface area (Å²) in [6.07, 6.45) is 3.51. The average molecular weight is 442 g/mol. The molecule has 3 nitrogen and oxygen atoms in total. The number of nitrogens with zero attached hydrogens (tertiary/aromatic N) is 1. The summed E-state index contributed by atoms with van der Waals surface area (Å²) >= 11 is 8.22. The maximum Gasteiger partial charge on any atom is 0.0802 e. The quantitative estimate of drug-likeness (QED) is 0.571. The van der Waals surface area contributed by atoms with Gasteiger partial charge in [0.1, 0.15) is 0 Å². The van der Waals surface area contributed by atoms with E-state index in [1.165, 1.54) is 32.1 Å². The summed E-state index contributed by atoms with van der Waals surface area (Å²) in [6, 6.07) is 15.0. The van der Waals surface area contributed by atoms with Crippen molar-refractivity contribution in [2.45, 2.75) is 54.1 Å². The van der Waals surface area contributed by atoms with Gasteiger partial charge in [-0.2, -0.15) is 0 Å². The second-order valence-electron chi connectivity index (χ2n) is 8.83. The van der Waals surface area contributed by atoms with Crippen molar-refractivity contribution >= 4 is 28.9 Å². The van der Waals surface area contributed by atoms with Crippen LogP contribution in [0.2, 0.25) is 5.02 Å². The molecule has 2 fully saturated rings. The molecule has 1 aliphatic carbocycles. The molecule has 2 aliphatic heterocycles. The van der Waals surface area contributed by atoms with Gasteiger partial charge >= 0.3 is 0 Å².